The smallest absolute Gasteiger partial charge is 0.129 e. The molecule has 0 aromatic carbocycles. The van der Waals surface area contributed by atoms with Gasteiger partial charge in [-0.1, -0.05) is 0 Å². The Bertz CT molecular complexity index is 315. The molecule has 0 saturated heterocycles. The maximum absolute atomic E-state index is 10.5. The summed E-state index contributed by atoms with van der Waals surface area (Å²) in [5, 5.41) is 0. The molecule has 0 aliphatic heterocycles. The van der Waals surface area contributed by atoms with Gasteiger partial charge in [0.15, 0.2) is 0 Å². The van der Waals surface area contributed by atoms with Crippen molar-refractivity contribution in [1.82, 2.24) is 0 Å². The lowest BCUT2D eigenvalue weighted by Gasteiger charge is -2.33. The molecule has 6 nitrogen and oxygen atoms in total. The third-order valence-corrected chi connectivity index (χ3v) is 3.58. The van der Waals surface area contributed by atoms with Gasteiger partial charge in [0.1, 0.15) is 12.6 Å². The Morgan fingerprint density at radius 2 is 1.83 bits per heavy atom. The average molecular weight is 283 g/mol. The van der Waals surface area contributed by atoms with Crippen molar-refractivity contribution < 1.29 is 26.9 Å². The zero-order chi connectivity index (χ0) is 14.2. The first-order valence-corrected chi connectivity index (χ1v) is 7.55. The molecule has 0 amide bonds. The van der Waals surface area contributed by atoms with Crippen LogP contribution in [0.3, 0.4) is 0 Å². The summed E-state index contributed by atoms with van der Waals surface area (Å²) in [5.41, 5.74) is 0. The molecule has 0 aromatic rings. The minimum absolute atomic E-state index is 0.0215. The van der Waals surface area contributed by atoms with Gasteiger partial charge in [0.05, 0.1) is 37.4 Å². The summed E-state index contributed by atoms with van der Waals surface area (Å²) in [6, 6.07) is 0. The van der Waals surface area contributed by atoms with E-state index in [-0.39, 0.29) is 11.9 Å². The number of hydrogen-bond donors (Lipinski definition) is 0. The maximum atomic E-state index is 10.5. The third kappa shape index (κ3) is 9.78. The van der Waals surface area contributed by atoms with E-state index in [9.17, 15) is 13.0 Å². The standard InChI is InChI=1S/C11H25NO5S/c1-12(2,9-11(17-4)10-16-3)7-5-6-8-18(13,14)15/h11H,5-10H2,1-4H3. The van der Waals surface area contributed by atoms with Gasteiger partial charge in [-0.05, 0) is 12.8 Å². The Hall–Kier alpha value is -0.210. The van der Waals surface area contributed by atoms with Crippen molar-refractivity contribution in [3.05, 3.63) is 0 Å². The molecule has 0 aromatic heterocycles. The second kappa shape index (κ2) is 8.06. The fourth-order valence-electron chi connectivity index (χ4n) is 1.84. The topological polar surface area (TPSA) is 75.7 Å². The van der Waals surface area contributed by atoms with Crippen LogP contribution in [0.4, 0.5) is 0 Å². The molecule has 7 heteroatoms. The van der Waals surface area contributed by atoms with E-state index in [2.05, 4.69) is 0 Å². The Kier molecular flexibility index (Phi) is 7.97. The lowest BCUT2D eigenvalue weighted by Crippen LogP contribution is -2.47. The lowest BCUT2D eigenvalue weighted by atomic mass is 10.2. The third-order valence-electron chi connectivity index (χ3n) is 2.79. The van der Waals surface area contributed by atoms with Crippen LogP contribution in [-0.4, -0.2) is 77.3 Å². The Balaban J connectivity index is 3.98. The van der Waals surface area contributed by atoms with Gasteiger partial charge in [-0.15, -0.1) is 0 Å². The molecule has 0 bridgehead atoms. The number of nitrogens with zero attached hydrogens (tertiary/aromatic N) is 1. The van der Waals surface area contributed by atoms with E-state index in [0.717, 1.165) is 13.1 Å². The Labute approximate surface area is 110 Å². The number of ether oxygens (including phenoxy) is 2. The summed E-state index contributed by atoms with van der Waals surface area (Å²) in [7, 11) is 3.29. The molecular weight excluding hydrogens is 258 g/mol. The largest absolute Gasteiger partial charge is 0.748 e. The fourth-order valence-corrected chi connectivity index (χ4v) is 2.40. The summed E-state index contributed by atoms with van der Waals surface area (Å²) >= 11 is 0. The van der Waals surface area contributed by atoms with Crippen LogP contribution in [0.5, 0.6) is 0 Å². The van der Waals surface area contributed by atoms with Gasteiger partial charge in [0, 0.05) is 20.0 Å². The SMILES string of the molecule is COCC(C[N+](C)(C)CCCCS(=O)(=O)[O-])OC. The van der Waals surface area contributed by atoms with Crippen molar-refractivity contribution in [2.24, 2.45) is 0 Å². The number of likely N-dealkylation sites (N-methyl/N-ethyl adjacent to an activating group) is 1. The molecule has 0 rings (SSSR count). The molecule has 0 saturated carbocycles. The average Bonchev–Trinajstić information content (AvgIpc) is 2.22. The summed E-state index contributed by atoms with van der Waals surface area (Å²) in [4.78, 5) is 0. The zero-order valence-corrected chi connectivity index (χ0v) is 12.5. The van der Waals surface area contributed by atoms with Gasteiger partial charge in [-0.3, -0.25) is 0 Å². The molecule has 1 unspecified atom stereocenters. The van der Waals surface area contributed by atoms with Crippen LogP contribution in [0.1, 0.15) is 12.8 Å². The monoisotopic (exact) mass is 283 g/mol. The quantitative estimate of drug-likeness (QED) is 0.322. The summed E-state index contributed by atoms with van der Waals surface area (Å²) < 4.78 is 42.5. The van der Waals surface area contributed by atoms with E-state index in [1.807, 2.05) is 14.1 Å². The first kappa shape index (κ1) is 17.8. The minimum Gasteiger partial charge on any atom is -0.748 e. The molecule has 1 atom stereocenters. The second-order valence-corrected chi connectivity index (χ2v) is 6.65. The molecule has 0 N–H and O–H groups in total. The van der Waals surface area contributed by atoms with Crippen molar-refractivity contribution in [3.8, 4) is 0 Å². The predicted octanol–water partition coefficient (Wildman–Crippen LogP) is 0.0496. The van der Waals surface area contributed by atoms with E-state index in [1.165, 1.54) is 0 Å². The van der Waals surface area contributed by atoms with E-state index in [0.29, 0.717) is 23.9 Å². The number of rotatable bonds is 10. The van der Waals surface area contributed by atoms with E-state index in [1.54, 1.807) is 14.2 Å². The first-order valence-electron chi connectivity index (χ1n) is 5.97. The van der Waals surface area contributed by atoms with Gasteiger partial charge in [0.25, 0.3) is 0 Å². The molecule has 0 aliphatic carbocycles. The van der Waals surface area contributed by atoms with Gasteiger partial charge < -0.3 is 18.5 Å². The number of unbranched alkanes of at least 4 members (excludes halogenated alkanes) is 1. The summed E-state index contributed by atoms with van der Waals surface area (Å²) in [5.74, 6) is -0.279. The van der Waals surface area contributed by atoms with Crippen molar-refractivity contribution in [2.75, 3.05) is 53.8 Å². The van der Waals surface area contributed by atoms with Crippen LogP contribution in [0.15, 0.2) is 0 Å². The molecule has 0 radical (unpaired) electrons. The second-order valence-electron chi connectivity index (χ2n) is 5.12. The van der Waals surface area contributed by atoms with E-state index >= 15 is 0 Å². The van der Waals surface area contributed by atoms with Crippen molar-refractivity contribution in [2.45, 2.75) is 18.9 Å². The van der Waals surface area contributed by atoms with Crippen molar-refractivity contribution >= 4 is 10.1 Å². The van der Waals surface area contributed by atoms with E-state index < -0.39 is 10.1 Å². The van der Waals surface area contributed by atoms with Crippen LogP contribution in [0.25, 0.3) is 0 Å². The van der Waals surface area contributed by atoms with Crippen LogP contribution in [-0.2, 0) is 19.6 Å². The lowest BCUT2D eigenvalue weighted by molar-refractivity contribution is -0.893. The highest BCUT2D eigenvalue weighted by Crippen LogP contribution is 2.06. The van der Waals surface area contributed by atoms with Crippen molar-refractivity contribution in [3.63, 3.8) is 0 Å². The maximum Gasteiger partial charge on any atom is 0.129 e. The van der Waals surface area contributed by atoms with Crippen LogP contribution >= 0.6 is 0 Å². The minimum atomic E-state index is -4.08. The molecule has 0 spiro atoms. The van der Waals surface area contributed by atoms with Gasteiger partial charge in [-0.25, -0.2) is 8.42 Å². The van der Waals surface area contributed by atoms with Gasteiger partial charge >= 0.3 is 0 Å². The molecule has 18 heavy (non-hydrogen) atoms. The molecule has 110 valence electrons. The molecule has 0 fully saturated rings. The van der Waals surface area contributed by atoms with Crippen LogP contribution in [0.2, 0.25) is 0 Å². The Morgan fingerprint density at radius 1 is 1.22 bits per heavy atom. The number of methoxy groups -OCH3 is 2. The highest BCUT2D eigenvalue weighted by molar-refractivity contribution is 7.85. The zero-order valence-electron chi connectivity index (χ0n) is 11.7. The highest BCUT2D eigenvalue weighted by Gasteiger charge is 2.21. The summed E-state index contributed by atoms with van der Waals surface area (Å²) in [6.07, 6.45) is 1.14. The normalized spacial score (nSPS) is 14.7. The number of hydrogen-bond acceptors (Lipinski definition) is 5. The first-order chi connectivity index (χ1) is 8.20. The molecular formula is C11H25NO5S. The van der Waals surface area contributed by atoms with Crippen molar-refractivity contribution in [1.29, 1.82) is 0 Å². The Morgan fingerprint density at radius 3 is 2.28 bits per heavy atom. The van der Waals surface area contributed by atoms with Gasteiger partial charge in [0.2, 0.25) is 0 Å². The fraction of sp³-hybridized carbons (Fsp3) is 1.00. The van der Waals surface area contributed by atoms with Crippen LogP contribution in [0, 0.1) is 0 Å². The van der Waals surface area contributed by atoms with Crippen LogP contribution < -0.4 is 0 Å². The predicted molar refractivity (Wildman–Crippen MR) is 68.3 cm³/mol. The van der Waals surface area contributed by atoms with Gasteiger partial charge in [-0.2, -0.15) is 0 Å². The highest BCUT2D eigenvalue weighted by atomic mass is 32.2. The number of quaternary nitrogens is 1. The van der Waals surface area contributed by atoms with E-state index in [4.69, 9.17) is 9.47 Å². The molecule has 0 aliphatic rings. The molecule has 0 heterocycles. The summed E-state index contributed by atoms with van der Waals surface area (Å²) in [6.45, 7) is 2.13.